The van der Waals surface area contributed by atoms with Crippen LogP contribution in [-0.4, -0.2) is 17.1 Å². The summed E-state index contributed by atoms with van der Waals surface area (Å²) in [7, 11) is 0. The summed E-state index contributed by atoms with van der Waals surface area (Å²) in [4.78, 5) is 25.0. The molecule has 0 unspecified atom stereocenters. The number of benzene rings is 1. The monoisotopic (exact) mass is 187 g/mol. The van der Waals surface area contributed by atoms with Gasteiger partial charge in [-0.1, -0.05) is 18.2 Å². The van der Waals surface area contributed by atoms with Gasteiger partial charge in [0.05, 0.1) is 11.3 Å². The number of rotatable bonds is 2. The Morgan fingerprint density at radius 2 is 2.07 bits per heavy atom. The van der Waals surface area contributed by atoms with Crippen LogP contribution < -0.4 is 0 Å². The van der Waals surface area contributed by atoms with Crippen LogP contribution in [0.25, 0.3) is 10.9 Å². The number of Topliss-reactive ketones (excluding diaryl/α,β-unsaturated/α-hetero) is 1. The van der Waals surface area contributed by atoms with Crippen LogP contribution in [-0.2, 0) is 0 Å². The molecule has 0 aliphatic rings. The molecule has 14 heavy (non-hydrogen) atoms. The molecule has 0 fully saturated rings. The van der Waals surface area contributed by atoms with Crippen LogP contribution in [0.4, 0.5) is 0 Å². The lowest BCUT2D eigenvalue weighted by atomic mass is 10.1. The van der Waals surface area contributed by atoms with Crippen molar-refractivity contribution in [2.45, 2.75) is 6.92 Å². The van der Waals surface area contributed by atoms with Crippen molar-refractivity contribution >= 4 is 23.0 Å². The second-order valence-corrected chi connectivity index (χ2v) is 3.13. The number of fused-ring (bicyclic) bond motifs is 1. The van der Waals surface area contributed by atoms with Gasteiger partial charge in [0, 0.05) is 17.8 Å². The van der Waals surface area contributed by atoms with Crippen LogP contribution in [0.3, 0.4) is 0 Å². The Balaban J connectivity index is 2.85. The first-order valence-corrected chi connectivity index (χ1v) is 4.31. The van der Waals surface area contributed by atoms with Crippen LogP contribution in [0.1, 0.15) is 27.8 Å². The highest BCUT2D eigenvalue weighted by atomic mass is 16.1. The van der Waals surface area contributed by atoms with E-state index in [-0.39, 0.29) is 5.78 Å². The van der Waals surface area contributed by atoms with Crippen molar-refractivity contribution in [3.05, 3.63) is 35.5 Å². The van der Waals surface area contributed by atoms with Gasteiger partial charge < -0.3 is 4.98 Å². The molecule has 0 amide bonds. The Bertz CT molecular complexity index is 511. The smallest absolute Gasteiger partial charge is 0.176 e. The van der Waals surface area contributed by atoms with Gasteiger partial charge in [0.15, 0.2) is 12.1 Å². The first-order valence-electron chi connectivity index (χ1n) is 4.31. The van der Waals surface area contributed by atoms with Crippen LogP contribution in [0.2, 0.25) is 0 Å². The molecule has 2 aromatic rings. The quantitative estimate of drug-likeness (QED) is 0.578. The molecule has 0 aliphatic heterocycles. The Labute approximate surface area is 80.7 Å². The fourth-order valence-corrected chi connectivity index (χ4v) is 1.56. The standard InChI is InChI=1S/C11H9NO2/c1-7(14)11-9(6-13)8-4-2-3-5-10(8)12-11/h2-6,12H,1H3. The number of hydrogen-bond acceptors (Lipinski definition) is 2. The third-order valence-electron chi connectivity index (χ3n) is 2.22. The van der Waals surface area contributed by atoms with E-state index in [1.165, 1.54) is 6.92 Å². The number of aldehydes is 1. The molecular formula is C11H9NO2. The van der Waals surface area contributed by atoms with Crippen LogP contribution >= 0.6 is 0 Å². The van der Waals surface area contributed by atoms with Gasteiger partial charge in [-0.05, 0) is 6.07 Å². The third kappa shape index (κ3) is 1.14. The minimum absolute atomic E-state index is 0.122. The summed E-state index contributed by atoms with van der Waals surface area (Å²) in [6.07, 6.45) is 0.718. The topological polar surface area (TPSA) is 49.9 Å². The SMILES string of the molecule is CC(=O)c1[nH]c2ccccc2c1C=O. The number of ketones is 1. The highest BCUT2D eigenvalue weighted by Gasteiger charge is 2.12. The van der Waals surface area contributed by atoms with Crippen molar-refractivity contribution in [1.29, 1.82) is 0 Å². The molecule has 0 spiro atoms. The van der Waals surface area contributed by atoms with E-state index in [2.05, 4.69) is 4.98 Å². The fraction of sp³-hybridized carbons (Fsp3) is 0.0909. The molecule has 1 aromatic carbocycles. The largest absolute Gasteiger partial charge is 0.352 e. The highest BCUT2D eigenvalue weighted by molar-refractivity contribution is 6.09. The van der Waals surface area contributed by atoms with Gasteiger partial charge in [0.25, 0.3) is 0 Å². The Kier molecular flexibility index (Phi) is 1.93. The molecule has 70 valence electrons. The second kappa shape index (κ2) is 3.10. The Hall–Kier alpha value is -1.90. The Morgan fingerprint density at radius 1 is 1.36 bits per heavy atom. The number of H-pyrrole nitrogens is 1. The van der Waals surface area contributed by atoms with Gasteiger partial charge in [0.2, 0.25) is 0 Å². The van der Waals surface area contributed by atoms with E-state index in [1.807, 2.05) is 24.3 Å². The predicted octanol–water partition coefficient (Wildman–Crippen LogP) is 2.18. The van der Waals surface area contributed by atoms with Gasteiger partial charge in [0.1, 0.15) is 0 Å². The molecule has 0 bridgehead atoms. The van der Waals surface area contributed by atoms with E-state index in [4.69, 9.17) is 0 Å². The van der Waals surface area contributed by atoms with Gasteiger partial charge >= 0.3 is 0 Å². The fourth-order valence-electron chi connectivity index (χ4n) is 1.56. The first kappa shape index (κ1) is 8.69. The summed E-state index contributed by atoms with van der Waals surface area (Å²) < 4.78 is 0. The number of aromatic amines is 1. The molecule has 2 rings (SSSR count). The molecule has 0 saturated carbocycles. The summed E-state index contributed by atoms with van der Waals surface area (Å²) in [6.45, 7) is 1.44. The molecular weight excluding hydrogens is 178 g/mol. The van der Waals surface area contributed by atoms with Crippen molar-refractivity contribution < 1.29 is 9.59 Å². The maximum atomic E-state index is 11.2. The molecule has 1 aromatic heterocycles. The predicted molar refractivity (Wildman–Crippen MR) is 53.7 cm³/mol. The van der Waals surface area contributed by atoms with E-state index in [0.29, 0.717) is 11.3 Å². The first-order chi connectivity index (χ1) is 6.74. The van der Waals surface area contributed by atoms with E-state index in [0.717, 1.165) is 17.2 Å². The van der Waals surface area contributed by atoms with Crippen molar-refractivity contribution in [3.8, 4) is 0 Å². The number of hydrogen-bond donors (Lipinski definition) is 1. The molecule has 0 atom stereocenters. The maximum Gasteiger partial charge on any atom is 0.176 e. The van der Waals surface area contributed by atoms with Crippen molar-refractivity contribution in [2.24, 2.45) is 0 Å². The lowest BCUT2D eigenvalue weighted by Crippen LogP contribution is -1.96. The third-order valence-corrected chi connectivity index (χ3v) is 2.22. The molecule has 0 saturated heterocycles. The summed E-state index contributed by atoms with van der Waals surface area (Å²) in [5.41, 5.74) is 1.66. The zero-order valence-corrected chi connectivity index (χ0v) is 7.70. The Morgan fingerprint density at radius 3 is 2.71 bits per heavy atom. The average molecular weight is 187 g/mol. The van der Waals surface area contributed by atoms with Crippen LogP contribution in [0.5, 0.6) is 0 Å². The molecule has 0 radical (unpaired) electrons. The van der Waals surface area contributed by atoms with Gasteiger partial charge in [-0.15, -0.1) is 0 Å². The lowest BCUT2D eigenvalue weighted by molar-refractivity contribution is 0.100. The van der Waals surface area contributed by atoms with Crippen molar-refractivity contribution in [2.75, 3.05) is 0 Å². The molecule has 1 heterocycles. The number of nitrogens with one attached hydrogen (secondary N) is 1. The summed E-state index contributed by atoms with van der Waals surface area (Å²) in [5.74, 6) is -0.122. The van der Waals surface area contributed by atoms with Crippen molar-refractivity contribution in [3.63, 3.8) is 0 Å². The highest BCUT2D eigenvalue weighted by Crippen LogP contribution is 2.20. The maximum absolute atomic E-state index is 11.2. The second-order valence-electron chi connectivity index (χ2n) is 3.13. The molecule has 3 nitrogen and oxygen atoms in total. The van der Waals surface area contributed by atoms with Gasteiger partial charge in [-0.2, -0.15) is 0 Å². The lowest BCUT2D eigenvalue weighted by Gasteiger charge is -1.89. The molecule has 1 N–H and O–H groups in total. The summed E-state index contributed by atoms with van der Waals surface area (Å²) in [5, 5.41) is 0.799. The van der Waals surface area contributed by atoms with Gasteiger partial charge in [-0.3, -0.25) is 9.59 Å². The number of carbonyl (C=O) groups excluding carboxylic acids is 2. The van der Waals surface area contributed by atoms with E-state index >= 15 is 0 Å². The van der Waals surface area contributed by atoms with Crippen LogP contribution in [0, 0.1) is 0 Å². The summed E-state index contributed by atoms with van der Waals surface area (Å²) >= 11 is 0. The number of para-hydroxylation sites is 1. The van der Waals surface area contributed by atoms with E-state index < -0.39 is 0 Å². The molecule has 3 heteroatoms. The zero-order valence-electron chi connectivity index (χ0n) is 7.70. The normalized spacial score (nSPS) is 10.4. The van der Waals surface area contributed by atoms with E-state index in [1.54, 1.807) is 0 Å². The number of carbonyl (C=O) groups is 2. The zero-order chi connectivity index (χ0) is 10.1. The van der Waals surface area contributed by atoms with Crippen molar-refractivity contribution in [1.82, 2.24) is 4.98 Å². The summed E-state index contributed by atoms with van der Waals surface area (Å²) in [6, 6.07) is 7.36. The number of aromatic nitrogens is 1. The average Bonchev–Trinajstić information content (AvgIpc) is 2.56. The van der Waals surface area contributed by atoms with E-state index in [9.17, 15) is 9.59 Å². The minimum atomic E-state index is -0.122. The minimum Gasteiger partial charge on any atom is -0.352 e. The molecule has 0 aliphatic carbocycles. The van der Waals surface area contributed by atoms with Crippen LogP contribution in [0.15, 0.2) is 24.3 Å². The van der Waals surface area contributed by atoms with Gasteiger partial charge in [-0.25, -0.2) is 0 Å².